The lowest BCUT2D eigenvalue weighted by Crippen LogP contribution is -2.40. The Kier molecular flexibility index (Phi) is 7.52. The fourth-order valence-electron chi connectivity index (χ4n) is 2.78. The van der Waals surface area contributed by atoms with Gasteiger partial charge in [-0.05, 0) is 52.7 Å². The predicted octanol–water partition coefficient (Wildman–Crippen LogP) is 5.20. The van der Waals surface area contributed by atoms with E-state index < -0.39 is 0 Å². The second-order valence-corrected chi connectivity index (χ2v) is 8.19. The van der Waals surface area contributed by atoms with E-state index >= 15 is 0 Å². The Morgan fingerprint density at radius 3 is 2.48 bits per heavy atom. The first-order valence-corrected chi connectivity index (χ1v) is 10.8. The number of hydrogen-bond donors (Lipinski definition) is 0. The molecule has 3 rings (SSSR count). The minimum Gasteiger partial charge on any atom is -0.490 e. The summed E-state index contributed by atoms with van der Waals surface area (Å²) in [5.41, 5.74) is 2.03. The van der Waals surface area contributed by atoms with Gasteiger partial charge in [0, 0.05) is 23.1 Å². The highest BCUT2D eigenvalue weighted by Gasteiger charge is 2.19. The number of benzene rings is 2. The van der Waals surface area contributed by atoms with E-state index in [0.29, 0.717) is 37.9 Å². The van der Waals surface area contributed by atoms with Crippen LogP contribution in [0.3, 0.4) is 0 Å². The van der Waals surface area contributed by atoms with Gasteiger partial charge in [-0.3, -0.25) is 0 Å². The Morgan fingerprint density at radius 2 is 1.81 bits per heavy atom. The van der Waals surface area contributed by atoms with Crippen molar-refractivity contribution in [3.8, 4) is 11.5 Å². The Morgan fingerprint density at radius 1 is 1.11 bits per heavy atom. The van der Waals surface area contributed by atoms with E-state index in [-0.39, 0.29) is 0 Å². The largest absolute Gasteiger partial charge is 0.490 e. The summed E-state index contributed by atoms with van der Waals surface area (Å²) in [4.78, 5) is 2.97. The molecule has 0 bridgehead atoms. The summed E-state index contributed by atoms with van der Waals surface area (Å²) in [6.07, 6.45) is 0. The molecule has 1 saturated heterocycles. The molecule has 2 aromatic rings. The van der Waals surface area contributed by atoms with E-state index in [1.165, 1.54) is 0 Å². The first kappa shape index (κ1) is 20.6. The molecule has 1 fully saturated rings. The second-order valence-electron chi connectivity index (χ2n) is 6.04. The summed E-state index contributed by atoms with van der Waals surface area (Å²) in [7, 11) is 0. The SMILES string of the molecule is CCOc1cc(C(=S)N2CCOCC2)cc(Br)c1OCc1ccc(Br)cc1. The van der Waals surface area contributed by atoms with Crippen molar-refractivity contribution in [1.29, 1.82) is 0 Å². The Bertz CT molecular complexity index is 793. The van der Waals surface area contributed by atoms with Crippen LogP contribution in [0.5, 0.6) is 11.5 Å². The Labute approximate surface area is 182 Å². The van der Waals surface area contributed by atoms with Crippen LogP contribution in [0.25, 0.3) is 0 Å². The zero-order chi connectivity index (χ0) is 19.2. The summed E-state index contributed by atoms with van der Waals surface area (Å²) in [6, 6.07) is 12.0. The number of rotatable bonds is 6. The molecule has 1 aliphatic rings. The van der Waals surface area contributed by atoms with Gasteiger partial charge in [-0.25, -0.2) is 0 Å². The van der Waals surface area contributed by atoms with Crippen molar-refractivity contribution in [3.05, 3.63) is 56.5 Å². The fraction of sp³-hybridized carbons (Fsp3) is 0.350. The molecule has 7 heteroatoms. The zero-order valence-electron chi connectivity index (χ0n) is 15.0. The highest BCUT2D eigenvalue weighted by atomic mass is 79.9. The van der Waals surface area contributed by atoms with Crippen LogP contribution in [0.1, 0.15) is 18.1 Å². The third-order valence-electron chi connectivity index (χ3n) is 4.15. The molecule has 0 spiro atoms. The lowest BCUT2D eigenvalue weighted by Gasteiger charge is -2.29. The maximum absolute atomic E-state index is 6.06. The first-order chi connectivity index (χ1) is 13.1. The molecule has 4 nitrogen and oxygen atoms in total. The molecule has 0 atom stereocenters. The van der Waals surface area contributed by atoms with E-state index in [1.54, 1.807) is 0 Å². The van der Waals surface area contributed by atoms with Crippen LogP contribution in [-0.4, -0.2) is 42.8 Å². The first-order valence-electron chi connectivity index (χ1n) is 8.79. The minimum atomic E-state index is 0.458. The van der Waals surface area contributed by atoms with E-state index in [1.807, 2.05) is 43.3 Å². The van der Waals surface area contributed by atoms with Gasteiger partial charge in [0.05, 0.1) is 24.3 Å². The van der Waals surface area contributed by atoms with Crippen LogP contribution in [0.15, 0.2) is 45.3 Å². The summed E-state index contributed by atoms with van der Waals surface area (Å²) in [6.45, 7) is 5.99. The Balaban J connectivity index is 1.80. The summed E-state index contributed by atoms with van der Waals surface area (Å²) < 4.78 is 19.2. The second kappa shape index (κ2) is 9.87. The lowest BCUT2D eigenvalue weighted by atomic mass is 10.1. The van der Waals surface area contributed by atoms with Crippen molar-refractivity contribution >= 4 is 49.1 Å². The molecule has 0 saturated carbocycles. The maximum atomic E-state index is 6.06. The molecular weight excluding hydrogens is 494 g/mol. The summed E-state index contributed by atoms with van der Waals surface area (Å²) >= 11 is 12.8. The number of nitrogens with zero attached hydrogens (tertiary/aromatic N) is 1. The van der Waals surface area contributed by atoms with Crippen LogP contribution in [-0.2, 0) is 11.3 Å². The molecular formula is C20H21Br2NO3S. The number of thiocarbonyl (C=S) groups is 1. The van der Waals surface area contributed by atoms with Gasteiger partial charge < -0.3 is 19.1 Å². The predicted molar refractivity (Wildman–Crippen MR) is 118 cm³/mol. The smallest absolute Gasteiger partial charge is 0.175 e. The lowest BCUT2D eigenvalue weighted by molar-refractivity contribution is 0.0693. The van der Waals surface area contributed by atoms with Gasteiger partial charge >= 0.3 is 0 Å². The van der Waals surface area contributed by atoms with Gasteiger partial charge in [0.25, 0.3) is 0 Å². The molecule has 1 heterocycles. The average Bonchev–Trinajstić information content (AvgIpc) is 2.69. The van der Waals surface area contributed by atoms with Gasteiger partial charge in [0.15, 0.2) is 11.5 Å². The van der Waals surface area contributed by atoms with Gasteiger partial charge in [-0.1, -0.05) is 40.3 Å². The van der Waals surface area contributed by atoms with Crippen molar-refractivity contribution in [2.75, 3.05) is 32.9 Å². The van der Waals surface area contributed by atoms with Gasteiger partial charge in [0.1, 0.15) is 11.6 Å². The van der Waals surface area contributed by atoms with Crippen LogP contribution in [0, 0.1) is 0 Å². The summed E-state index contributed by atoms with van der Waals surface area (Å²) in [5, 5.41) is 0. The van der Waals surface area contributed by atoms with Crippen LogP contribution >= 0.6 is 44.1 Å². The molecule has 1 aliphatic heterocycles. The quantitative estimate of drug-likeness (QED) is 0.494. The minimum absolute atomic E-state index is 0.458. The molecule has 144 valence electrons. The highest BCUT2D eigenvalue weighted by molar-refractivity contribution is 9.10. The number of halogens is 2. The molecule has 0 amide bonds. The Hall–Kier alpha value is -1.15. The van der Waals surface area contributed by atoms with E-state index in [9.17, 15) is 0 Å². The van der Waals surface area contributed by atoms with Gasteiger partial charge in [0.2, 0.25) is 0 Å². The number of morpholine rings is 1. The van der Waals surface area contributed by atoms with Crippen molar-refractivity contribution in [1.82, 2.24) is 4.90 Å². The standard InChI is InChI=1S/C20H21Br2NO3S/c1-2-25-18-12-15(20(27)23-7-9-24-10-8-23)11-17(22)19(18)26-13-14-3-5-16(21)6-4-14/h3-6,11-12H,2,7-10,13H2,1H3. The zero-order valence-corrected chi connectivity index (χ0v) is 19.0. The topological polar surface area (TPSA) is 30.9 Å². The molecule has 27 heavy (non-hydrogen) atoms. The molecule has 0 N–H and O–H groups in total. The van der Waals surface area contributed by atoms with Crippen molar-refractivity contribution in [3.63, 3.8) is 0 Å². The third-order valence-corrected chi connectivity index (χ3v) is 5.76. The van der Waals surface area contributed by atoms with Crippen LogP contribution in [0.4, 0.5) is 0 Å². The normalized spacial score (nSPS) is 14.1. The monoisotopic (exact) mass is 513 g/mol. The fourth-order valence-corrected chi connectivity index (χ4v) is 3.90. The molecule has 0 aliphatic carbocycles. The van der Waals surface area contributed by atoms with E-state index in [0.717, 1.165) is 38.2 Å². The van der Waals surface area contributed by atoms with Crippen LogP contribution < -0.4 is 9.47 Å². The third kappa shape index (κ3) is 5.44. The summed E-state index contributed by atoms with van der Waals surface area (Å²) in [5.74, 6) is 1.38. The van der Waals surface area contributed by atoms with Crippen molar-refractivity contribution < 1.29 is 14.2 Å². The highest BCUT2D eigenvalue weighted by Crippen LogP contribution is 2.38. The van der Waals surface area contributed by atoms with E-state index in [2.05, 4.69) is 36.8 Å². The molecule has 0 unspecified atom stereocenters. The van der Waals surface area contributed by atoms with Gasteiger partial charge in [-0.2, -0.15) is 0 Å². The van der Waals surface area contributed by atoms with E-state index in [4.69, 9.17) is 26.4 Å². The molecule has 0 radical (unpaired) electrons. The van der Waals surface area contributed by atoms with Crippen molar-refractivity contribution in [2.45, 2.75) is 13.5 Å². The molecule has 2 aromatic carbocycles. The van der Waals surface area contributed by atoms with Gasteiger partial charge in [-0.15, -0.1) is 0 Å². The number of hydrogen-bond acceptors (Lipinski definition) is 4. The van der Waals surface area contributed by atoms with Crippen molar-refractivity contribution in [2.24, 2.45) is 0 Å². The molecule has 0 aromatic heterocycles. The number of ether oxygens (including phenoxy) is 3. The van der Waals surface area contributed by atoms with Crippen LogP contribution in [0.2, 0.25) is 0 Å². The maximum Gasteiger partial charge on any atom is 0.175 e. The average molecular weight is 515 g/mol.